The molecule has 8 heteroatoms. The summed E-state index contributed by atoms with van der Waals surface area (Å²) in [4.78, 5) is 10.4. The molecule has 0 amide bonds. The highest BCUT2D eigenvalue weighted by Crippen LogP contribution is 2.28. The molecule has 0 spiro atoms. The van der Waals surface area contributed by atoms with Crippen LogP contribution in [0, 0.1) is 10.1 Å². The number of nitro benzene ring substituents is 1. The van der Waals surface area contributed by atoms with Crippen LogP contribution < -0.4 is 10.1 Å². The van der Waals surface area contributed by atoms with E-state index in [1.807, 2.05) is 6.92 Å². The zero-order chi connectivity index (χ0) is 15.9. The van der Waals surface area contributed by atoms with Crippen LogP contribution in [0.15, 0.2) is 18.2 Å². The van der Waals surface area contributed by atoms with Gasteiger partial charge in [0, 0.05) is 18.9 Å². The van der Waals surface area contributed by atoms with Gasteiger partial charge < -0.3 is 10.1 Å². The highest BCUT2D eigenvalue weighted by molar-refractivity contribution is 7.90. The van der Waals surface area contributed by atoms with Crippen molar-refractivity contribution in [1.82, 2.24) is 5.32 Å². The summed E-state index contributed by atoms with van der Waals surface area (Å²) in [5, 5.41) is 14.1. The van der Waals surface area contributed by atoms with Gasteiger partial charge in [0.25, 0.3) is 0 Å². The molecule has 1 rings (SSSR count). The minimum absolute atomic E-state index is 0.0967. The van der Waals surface area contributed by atoms with Crippen molar-refractivity contribution in [3.8, 4) is 5.75 Å². The molecular weight excluding hydrogens is 296 g/mol. The van der Waals surface area contributed by atoms with Crippen LogP contribution in [0.3, 0.4) is 0 Å². The van der Waals surface area contributed by atoms with Gasteiger partial charge in [-0.15, -0.1) is 0 Å². The van der Waals surface area contributed by atoms with Crippen LogP contribution in [-0.2, 0) is 16.4 Å². The van der Waals surface area contributed by atoms with Crippen LogP contribution in [0.5, 0.6) is 5.75 Å². The standard InChI is InChI=1S/C13H20N2O5S/c1-3-6-14-10-11-4-5-12(15(16)17)13(9-11)20-7-8-21(2,18)19/h4-5,9,14H,3,6-8,10H2,1-2H3. The van der Waals surface area contributed by atoms with Gasteiger partial charge in [-0.2, -0.15) is 0 Å². The molecule has 0 saturated heterocycles. The molecule has 118 valence electrons. The van der Waals surface area contributed by atoms with E-state index in [1.165, 1.54) is 6.07 Å². The number of benzene rings is 1. The third-order valence-electron chi connectivity index (χ3n) is 2.69. The Morgan fingerprint density at radius 3 is 2.67 bits per heavy atom. The van der Waals surface area contributed by atoms with E-state index in [0.29, 0.717) is 6.54 Å². The average molecular weight is 316 g/mol. The first-order valence-electron chi connectivity index (χ1n) is 6.62. The molecule has 21 heavy (non-hydrogen) atoms. The first-order chi connectivity index (χ1) is 9.83. The van der Waals surface area contributed by atoms with E-state index < -0.39 is 14.8 Å². The Kier molecular flexibility index (Phi) is 6.57. The van der Waals surface area contributed by atoms with Crippen molar-refractivity contribution < 1.29 is 18.1 Å². The van der Waals surface area contributed by atoms with E-state index >= 15 is 0 Å². The first kappa shape index (κ1) is 17.4. The second-order valence-electron chi connectivity index (χ2n) is 4.71. The van der Waals surface area contributed by atoms with E-state index in [1.54, 1.807) is 12.1 Å². The number of rotatable bonds is 9. The molecule has 0 unspecified atom stereocenters. The Labute approximate surface area is 124 Å². The SMILES string of the molecule is CCCNCc1ccc([N+](=O)[O-])c(OCCS(C)(=O)=O)c1. The molecule has 0 heterocycles. The predicted octanol–water partition coefficient (Wildman–Crippen LogP) is 1.52. The molecular formula is C13H20N2O5S. The van der Waals surface area contributed by atoms with Gasteiger partial charge in [-0.25, -0.2) is 8.42 Å². The van der Waals surface area contributed by atoms with Gasteiger partial charge in [-0.05, 0) is 24.6 Å². The van der Waals surface area contributed by atoms with Crippen molar-refractivity contribution in [2.24, 2.45) is 0 Å². The fourth-order valence-electron chi connectivity index (χ4n) is 1.65. The van der Waals surface area contributed by atoms with E-state index in [-0.39, 0.29) is 23.8 Å². The highest BCUT2D eigenvalue weighted by atomic mass is 32.2. The third kappa shape index (κ3) is 6.54. The normalized spacial score (nSPS) is 11.3. The van der Waals surface area contributed by atoms with Gasteiger partial charge in [0.1, 0.15) is 6.61 Å². The van der Waals surface area contributed by atoms with Crippen LogP contribution in [0.1, 0.15) is 18.9 Å². The molecule has 0 aromatic heterocycles. The molecule has 7 nitrogen and oxygen atoms in total. The van der Waals surface area contributed by atoms with E-state index in [4.69, 9.17) is 4.74 Å². The van der Waals surface area contributed by atoms with Crippen LogP contribution in [0.25, 0.3) is 0 Å². The topological polar surface area (TPSA) is 98.5 Å². The fourth-order valence-corrected chi connectivity index (χ4v) is 2.03. The third-order valence-corrected chi connectivity index (χ3v) is 3.60. The minimum Gasteiger partial charge on any atom is -0.486 e. The Bertz CT molecular complexity index is 586. The van der Waals surface area contributed by atoms with Crippen molar-refractivity contribution in [1.29, 1.82) is 0 Å². The van der Waals surface area contributed by atoms with Crippen LogP contribution in [-0.4, -0.2) is 38.5 Å². The molecule has 0 aliphatic carbocycles. The summed E-state index contributed by atoms with van der Waals surface area (Å²) >= 11 is 0. The van der Waals surface area contributed by atoms with Crippen molar-refractivity contribution >= 4 is 15.5 Å². The van der Waals surface area contributed by atoms with Gasteiger partial charge in [0.2, 0.25) is 0 Å². The monoisotopic (exact) mass is 316 g/mol. The van der Waals surface area contributed by atoms with Crippen molar-refractivity contribution in [3.05, 3.63) is 33.9 Å². The lowest BCUT2D eigenvalue weighted by Gasteiger charge is -2.09. The summed E-state index contributed by atoms with van der Waals surface area (Å²) in [5.74, 6) is -0.0814. The molecule has 0 radical (unpaired) electrons. The maximum absolute atomic E-state index is 11.1. The number of nitrogens with one attached hydrogen (secondary N) is 1. The molecule has 0 aliphatic heterocycles. The molecule has 0 bridgehead atoms. The Balaban J connectivity index is 2.80. The molecule has 0 aliphatic rings. The van der Waals surface area contributed by atoms with Gasteiger partial charge in [0.05, 0.1) is 10.7 Å². The molecule has 1 N–H and O–H groups in total. The molecule has 0 fully saturated rings. The molecule has 1 aromatic carbocycles. The summed E-state index contributed by atoms with van der Waals surface area (Å²) in [6.45, 7) is 3.36. The number of nitro groups is 1. The molecule has 0 atom stereocenters. The van der Waals surface area contributed by atoms with E-state index in [9.17, 15) is 18.5 Å². The molecule has 1 aromatic rings. The highest BCUT2D eigenvalue weighted by Gasteiger charge is 2.16. The Morgan fingerprint density at radius 2 is 2.10 bits per heavy atom. The average Bonchev–Trinajstić information content (AvgIpc) is 2.37. The fraction of sp³-hybridized carbons (Fsp3) is 0.538. The van der Waals surface area contributed by atoms with Crippen molar-refractivity contribution in [2.45, 2.75) is 19.9 Å². The summed E-state index contributed by atoms with van der Waals surface area (Å²) in [6.07, 6.45) is 2.08. The van der Waals surface area contributed by atoms with Crippen molar-refractivity contribution in [2.75, 3.05) is 25.2 Å². The number of hydrogen-bond acceptors (Lipinski definition) is 6. The second-order valence-corrected chi connectivity index (χ2v) is 6.97. The van der Waals surface area contributed by atoms with Gasteiger partial charge in [0.15, 0.2) is 15.6 Å². The van der Waals surface area contributed by atoms with Gasteiger partial charge >= 0.3 is 5.69 Å². The van der Waals surface area contributed by atoms with Crippen LogP contribution in [0.4, 0.5) is 5.69 Å². The van der Waals surface area contributed by atoms with E-state index in [2.05, 4.69) is 5.32 Å². The Hall–Kier alpha value is -1.67. The lowest BCUT2D eigenvalue weighted by Crippen LogP contribution is -2.15. The number of nitrogens with zero attached hydrogens (tertiary/aromatic N) is 1. The maximum Gasteiger partial charge on any atom is 0.310 e. The van der Waals surface area contributed by atoms with Crippen molar-refractivity contribution in [3.63, 3.8) is 0 Å². The van der Waals surface area contributed by atoms with Gasteiger partial charge in [-0.1, -0.05) is 13.0 Å². The summed E-state index contributed by atoms with van der Waals surface area (Å²) in [6, 6.07) is 4.60. The first-order valence-corrected chi connectivity index (χ1v) is 8.68. The maximum atomic E-state index is 11.1. The lowest BCUT2D eigenvalue weighted by molar-refractivity contribution is -0.385. The number of hydrogen-bond donors (Lipinski definition) is 1. The lowest BCUT2D eigenvalue weighted by atomic mass is 10.2. The minimum atomic E-state index is -3.16. The Morgan fingerprint density at radius 1 is 1.38 bits per heavy atom. The predicted molar refractivity (Wildman–Crippen MR) is 80.3 cm³/mol. The summed E-state index contributed by atoms with van der Waals surface area (Å²) < 4.78 is 27.4. The largest absolute Gasteiger partial charge is 0.486 e. The number of sulfone groups is 1. The smallest absolute Gasteiger partial charge is 0.310 e. The molecule has 0 saturated carbocycles. The number of ether oxygens (including phenoxy) is 1. The second kappa shape index (κ2) is 7.94. The zero-order valence-corrected chi connectivity index (χ0v) is 13.0. The summed E-state index contributed by atoms with van der Waals surface area (Å²) in [5.41, 5.74) is 0.686. The zero-order valence-electron chi connectivity index (χ0n) is 12.2. The van der Waals surface area contributed by atoms with Gasteiger partial charge in [-0.3, -0.25) is 10.1 Å². The quantitative estimate of drug-likeness (QED) is 0.421. The van der Waals surface area contributed by atoms with Crippen LogP contribution >= 0.6 is 0 Å². The summed E-state index contributed by atoms with van der Waals surface area (Å²) in [7, 11) is -3.16. The van der Waals surface area contributed by atoms with E-state index in [0.717, 1.165) is 24.8 Å². The van der Waals surface area contributed by atoms with Crippen LogP contribution in [0.2, 0.25) is 0 Å².